The lowest BCUT2D eigenvalue weighted by Gasteiger charge is -2.41. The summed E-state index contributed by atoms with van der Waals surface area (Å²) in [4.78, 5) is 2.60. The Morgan fingerprint density at radius 2 is 1.69 bits per heavy atom. The summed E-state index contributed by atoms with van der Waals surface area (Å²) in [6.45, 7) is 10.8. The van der Waals surface area contributed by atoms with Crippen molar-refractivity contribution in [1.29, 1.82) is 0 Å². The van der Waals surface area contributed by atoms with Gasteiger partial charge in [0.2, 0.25) is 0 Å². The summed E-state index contributed by atoms with van der Waals surface area (Å²) >= 11 is 0. The first-order valence-electron chi connectivity index (χ1n) is 7.03. The van der Waals surface area contributed by atoms with Crippen LogP contribution >= 0.6 is 0 Å². The molecule has 1 aliphatic rings. The van der Waals surface area contributed by atoms with Crippen LogP contribution in [0, 0.1) is 11.3 Å². The maximum Gasteiger partial charge on any atom is 0.0488 e. The minimum atomic E-state index is 0.241. The van der Waals surface area contributed by atoms with Crippen LogP contribution in [-0.4, -0.2) is 36.2 Å². The minimum Gasteiger partial charge on any atom is -0.396 e. The Morgan fingerprint density at radius 1 is 1.12 bits per heavy atom. The predicted molar refractivity (Wildman–Crippen MR) is 69.6 cm³/mol. The van der Waals surface area contributed by atoms with Crippen molar-refractivity contribution >= 4 is 0 Å². The lowest BCUT2D eigenvalue weighted by molar-refractivity contribution is 0.0350. The van der Waals surface area contributed by atoms with E-state index in [0.717, 1.165) is 12.3 Å². The number of likely N-dealkylation sites (tertiary alicyclic amines) is 1. The van der Waals surface area contributed by atoms with Crippen LogP contribution in [0.15, 0.2) is 0 Å². The zero-order valence-electron chi connectivity index (χ0n) is 11.3. The van der Waals surface area contributed by atoms with Gasteiger partial charge in [-0.15, -0.1) is 0 Å². The van der Waals surface area contributed by atoms with Crippen molar-refractivity contribution in [2.45, 2.75) is 52.9 Å². The van der Waals surface area contributed by atoms with Crippen molar-refractivity contribution in [2.24, 2.45) is 11.3 Å². The van der Waals surface area contributed by atoms with E-state index in [1.54, 1.807) is 0 Å². The molecule has 0 amide bonds. The molecule has 0 radical (unpaired) electrons. The van der Waals surface area contributed by atoms with Crippen molar-refractivity contribution < 1.29 is 5.11 Å². The number of hydrogen-bond donors (Lipinski definition) is 1. The molecule has 0 aromatic carbocycles. The molecular formula is C14H29NO. The van der Waals surface area contributed by atoms with E-state index in [1.807, 2.05) is 0 Å². The number of hydrogen-bond acceptors (Lipinski definition) is 2. The van der Waals surface area contributed by atoms with Gasteiger partial charge >= 0.3 is 0 Å². The fraction of sp³-hybridized carbons (Fsp3) is 1.00. The number of aliphatic hydroxyl groups excluding tert-OH is 1. The second kappa shape index (κ2) is 6.61. The molecule has 1 rings (SSSR count). The molecule has 1 aliphatic heterocycles. The van der Waals surface area contributed by atoms with Gasteiger partial charge in [0.1, 0.15) is 0 Å². The first kappa shape index (κ1) is 14.0. The van der Waals surface area contributed by atoms with Gasteiger partial charge in [-0.2, -0.15) is 0 Å². The smallest absolute Gasteiger partial charge is 0.0488 e. The van der Waals surface area contributed by atoms with E-state index < -0.39 is 0 Å². The summed E-state index contributed by atoms with van der Waals surface area (Å²) in [5, 5.41) is 9.48. The Balaban J connectivity index is 2.36. The van der Waals surface area contributed by atoms with E-state index in [9.17, 15) is 5.11 Å². The average molecular weight is 227 g/mol. The molecule has 16 heavy (non-hydrogen) atoms. The normalized spacial score (nSPS) is 21.6. The first-order chi connectivity index (χ1) is 7.69. The summed E-state index contributed by atoms with van der Waals surface area (Å²) in [7, 11) is 0. The van der Waals surface area contributed by atoms with Gasteiger partial charge in [0.05, 0.1) is 0 Å². The van der Waals surface area contributed by atoms with E-state index in [4.69, 9.17) is 0 Å². The minimum absolute atomic E-state index is 0.241. The largest absolute Gasteiger partial charge is 0.396 e. The lowest BCUT2D eigenvalue weighted by atomic mass is 9.77. The summed E-state index contributed by atoms with van der Waals surface area (Å²) in [5.41, 5.74) is 0.241. The van der Waals surface area contributed by atoms with Crippen LogP contribution in [0.25, 0.3) is 0 Å². The summed E-state index contributed by atoms with van der Waals surface area (Å²) in [6.07, 6.45) is 6.08. The third-order valence-corrected chi connectivity index (χ3v) is 4.67. The molecule has 0 aromatic rings. The number of aliphatic hydroxyl groups is 1. The molecule has 1 fully saturated rings. The molecule has 2 heteroatoms. The molecule has 0 aliphatic carbocycles. The van der Waals surface area contributed by atoms with E-state index in [0.29, 0.717) is 6.61 Å². The van der Waals surface area contributed by atoms with Gasteiger partial charge in [0, 0.05) is 13.2 Å². The van der Waals surface area contributed by atoms with E-state index in [-0.39, 0.29) is 5.41 Å². The molecule has 0 spiro atoms. The second-order valence-electron chi connectivity index (χ2n) is 5.49. The molecule has 0 aromatic heterocycles. The highest BCUT2D eigenvalue weighted by atomic mass is 16.3. The third-order valence-electron chi connectivity index (χ3n) is 4.67. The maximum absolute atomic E-state index is 9.48. The van der Waals surface area contributed by atoms with Crippen molar-refractivity contribution in [3.8, 4) is 0 Å². The highest BCUT2D eigenvalue weighted by molar-refractivity contribution is 4.85. The molecule has 0 saturated carbocycles. The van der Waals surface area contributed by atoms with Gasteiger partial charge in [0.15, 0.2) is 0 Å². The monoisotopic (exact) mass is 227 g/mol. The van der Waals surface area contributed by atoms with Gasteiger partial charge in [-0.1, -0.05) is 33.6 Å². The molecule has 1 N–H and O–H groups in total. The average Bonchev–Trinajstić information content (AvgIpc) is 2.37. The quantitative estimate of drug-likeness (QED) is 0.754. The maximum atomic E-state index is 9.48. The van der Waals surface area contributed by atoms with Crippen LogP contribution in [0.2, 0.25) is 0 Å². The molecular weight excluding hydrogens is 198 g/mol. The summed E-state index contributed by atoms with van der Waals surface area (Å²) in [5.74, 6) is 0.864. The Morgan fingerprint density at radius 3 is 2.06 bits per heavy atom. The zero-order valence-corrected chi connectivity index (χ0v) is 11.3. The van der Waals surface area contributed by atoms with Crippen molar-refractivity contribution in [2.75, 3.05) is 26.2 Å². The van der Waals surface area contributed by atoms with Gasteiger partial charge in [-0.3, -0.25) is 0 Å². The van der Waals surface area contributed by atoms with Crippen LogP contribution in [0.4, 0.5) is 0 Å². The van der Waals surface area contributed by atoms with Gasteiger partial charge in [-0.05, 0) is 43.7 Å². The van der Waals surface area contributed by atoms with Gasteiger partial charge in [-0.25, -0.2) is 0 Å². The Hall–Kier alpha value is -0.0800. The molecule has 0 atom stereocenters. The number of rotatable bonds is 6. The standard InChI is InChI=1S/C14H29NO/c1-4-13(5-2)11-15-9-7-14(6-3,12-16)8-10-15/h13,16H,4-12H2,1-3H3. The molecule has 1 heterocycles. The van der Waals surface area contributed by atoms with Crippen LogP contribution in [0.3, 0.4) is 0 Å². The van der Waals surface area contributed by atoms with Crippen LogP contribution in [-0.2, 0) is 0 Å². The lowest BCUT2D eigenvalue weighted by Crippen LogP contribution is -2.43. The van der Waals surface area contributed by atoms with Crippen LogP contribution in [0.1, 0.15) is 52.9 Å². The summed E-state index contributed by atoms with van der Waals surface area (Å²) < 4.78 is 0. The zero-order chi connectivity index (χ0) is 12.0. The van der Waals surface area contributed by atoms with Crippen molar-refractivity contribution in [1.82, 2.24) is 4.90 Å². The van der Waals surface area contributed by atoms with E-state index in [2.05, 4.69) is 25.7 Å². The van der Waals surface area contributed by atoms with Crippen LogP contribution < -0.4 is 0 Å². The number of nitrogens with zero attached hydrogens (tertiary/aromatic N) is 1. The Labute approximate surface area is 101 Å². The molecule has 0 unspecified atom stereocenters. The molecule has 1 saturated heterocycles. The van der Waals surface area contributed by atoms with E-state index >= 15 is 0 Å². The fourth-order valence-electron chi connectivity index (χ4n) is 2.75. The third kappa shape index (κ3) is 3.46. The summed E-state index contributed by atoms with van der Waals surface area (Å²) in [6, 6.07) is 0. The predicted octanol–water partition coefficient (Wildman–Crippen LogP) is 2.91. The topological polar surface area (TPSA) is 23.5 Å². The molecule has 0 bridgehead atoms. The highest BCUT2D eigenvalue weighted by Crippen LogP contribution is 2.34. The molecule has 96 valence electrons. The highest BCUT2D eigenvalue weighted by Gasteiger charge is 2.32. The Kier molecular flexibility index (Phi) is 5.77. The van der Waals surface area contributed by atoms with Gasteiger partial charge < -0.3 is 10.0 Å². The number of piperidine rings is 1. The molecule has 2 nitrogen and oxygen atoms in total. The van der Waals surface area contributed by atoms with Crippen molar-refractivity contribution in [3.05, 3.63) is 0 Å². The first-order valence-corrected chi connectivity index (χ1v) is 7.03. The SMILES string of the molecule is CCC(CC)CN1CCC(CC)(CO)CC1. The van der Waals surface area contributed by atoms with Gasteiger partial charge in [0.25, 0.3) is 0 Å². The second-order valence-corrected chi connectivity index (χ2v) is 5.49. The van der Waals surface area contributed by atoms with Crippen molar-refractivity contribution in [3.63, 3.8) is 0 Å². The van der Waals surface area contributed by atoms with Crippen LogP contribution in [0.5, 0.6) is 0 Å². The Bertz CT molecular complexity index is 175. The van der Waals surface area contributed by atoms with E-state index in [1.165, 1.54) is 45.3 Å². The fourth-order valence-corrected chi connectivity index (χ4v) is 2.75.